The molecule has 162 valence electrons. The Morgan fingerprint density at radius 1 is 1.16 bits per heavy atom. The molecule has 0 saturated heterocycles. The van der Waals surface area contributed by atoms with Gasteiger partial charge in [0.15, 0.2) is 10.9 Å². The lowest BCUT2D eigenvalue weighted by Crippen LogP contribution is -2.31. The second-order valence-corrected chi connectivity index (χ2v) is 8.13. The van der Waals surface area contributed by atoms with E-state index in [2.05, 4.69) is 26.8 Å². The minimum Gasteiger partial charge on any atom is -0.343 e. The van der Waals surface area contributed by atoms with Crippen LogP contribution in [0.15, 0.2) is 41.5 Å². The van der Waals surface area contributed by atoms with E-state index in [9.17, 15) is 13.6 Å². The van der Waals surface area contributed by atoms with Gasteiger partial charge in [-0.1, -0.05) is 11.6 Å². The molecule has 0 unspecified atom stereocenters. The van der Waals surface area contributed by atoms with Crippen LogP contribution in [0.5, 0.6) is 0 Å². The number of aryl methyl sites for hydroxylation is 1. The van der Waals surface area contributed by atoms with Crippen LogP contribution in [0.1, 0.15) is 40.8 Å². The van der Waals surface area contributed by atoms with Gasteiger partial charge in [0.25, 0.3) is 0 Å². The van der Waals surface area contributed by atoms with Crippen LogP contribution in [0.25, 0.3) is 5.57 Å². The number of rotatable bonds is 5. The number of nitrogens with zero attached hydrogens (tertiary/aromatic N) is 4. The summed E-state index contributed by atoms with van der Waals surface area (Å²) in [6, 6.07) is 3.37. The molecule has 1 aliphatic rings. The third kappa shape index (κ3) is 4.97. The largest absolute Gasteiger partial charge is 0.343 e. The lowest BCUT2D eigenvalue weighted by Gasteiger charge is -2.29. The van der Waals surface area contributed by atoms with Gasteiger partial charge in [0.05, 0.1) is 35.3 Å². The summed E-state index contributed by atoms with van der Waals surface area (Å²) in [6.07, 6.45) is 3.81. The van der Waals surface area contributed by atoms with Crippen molar-refractivity contribution in [3.05, 3.63) is 75.8 Å². The van der Waals surface area contributed by atoms with Crippen LogP contribution in [0, 0.1) is 18.6 Å². The van der Waals surface area contributed by atoms with Gasteiger partial charge in [-0.3, -0.25) is 14.8 Å². The zero-order valence-corrected chi connectivity index (χ0v) is 18.7. The predicted molar refractivity (Wildman–Crippen MR) is 120 cm³/mol. The molecule has 31 heavy (non-hydrogen) atoms. The van der Waals surface area contributed by atoms with Crippen molar-refractivity contribution in [3.63, 3.8) is 0 Å². The van der Waals surface area contributed by atoms with Gasteiger partial charge in [-0.05, 0) is 38.0 Å². The summed E-state index contributed by atoms with van der Waals surface area (Å²) in [5, 5.41) is 3.02. The first kappa shape index (κ1) is 23.0. The highest BCUT2D eigenvalue weighted by atomic mass is 35.5. The molecule has 5 nitrogen and oxygen atoms in total. The number of thiazole rings is 1. The fourth-order valence-corrected chi connectivity index (χ4v) is 4.26. The number of hydrogen-bond acceptors (Lipinski definition) is 6. The van der Waals surface area contributed by atoms with Gasteiger partial charge in [-0.2, -0.15) is 0 Å². The monoisotopic (exact) mass is 462 g/mol. The van der Waals surface area contributed by atoms with Crippen LogP contribution in [-0.2, 0) is 6.42 Å². The lowest BCUT2D eigenvalue weighted by molar-refractivity contribution is 0.0983. The van der Waals surface area contributed by atoms with Crippen molar-refractivity contribution in [1.82, 2.24) is 15.0 Å². The molecule has 0 bridgehead atoms. The Kier molecular flexibility index (Phi) is 7.12. The van der Waals surface area contributed by atoms with Gasteiger partial charge in [-0.25, -0.2) is 13.8 Å². The number of hydrogen-bond donors (Lipinski definition) is 0. The first-order chi connectivity index (χ1) is 14.4. The second-order valence-electron chi connectivity index (χ2n) is 7.29. The minimum absolute atomic E-state index is 0. The number of carbonyl (C=O) groups is 1. The van der Waals surface area contributed by atoms with Gasteiger partial charge in [0, 0.05) is 24.7 Å². The number of aromatic nitrogens is 3. The van der Waals surface area contributed by atoms with Gasteiger partial charge in [-0.15, -0.1) is 23.7 Å². The highest BCUT2D eigenvalue weighted by molar-refractivity contribution is 7.13. The summed E-state index contributed by atoms with van der Waals surface area (Å²) in [5.41, 5.74) is 3.89. The number of halogens is 3. The minimum atomic E-state index is -0.870. The normalized spacial score (nSPS) is 13.9. The molecule has 0 fully saturated rings. The average Bonchev–Trinajstić information content (AvgIpc) is 3.15. The topological polar surface area (TPSA) is 59.0 Å². The van der Waals surface area contributed by atoms with Crippen molar-refractivity contribution in [2.45, 2.75) is 26.7 Å². The van der Waals surface area contributed by atoms with E-state index < -0.39 is 23.0 Å². The SMILES string of the molecule is CC1=C(c2cnc(CC(=O)c3c(F)cccc3F)cn2)CN(c2nc(C)cs2)CC1.Cl. The molecule has 3 heterocycles. The quantitative estimate of drug-likeness (QED) is 0.496. The molecule has 9 heteroatoms. The molecule has 1 aromatic carbocycles. The molecular formula is C22H21ClF2N4OS. The molecule has 0 atom stereocenters. The first-order valence-corrected chi connectivity index (χ1v) is 10.4. The maximum absolute atomic E-state index is 13.8. The molecule has 0 radical (unpaired) electrons. The number of anilines is 1. The molecule has 0 N–H and O–H groups in total. The van der Waals surface area contributed by atoms with E-state index in [1.807, 2.05) is 12.3 Å². The van der Waals surface area contributed by atoms with Crippen molar-refractivity contribution in [1.29, 1.82) is 0 Å². The number of carbonyl (C=O) groups excluding carboxylic acids is 1. The first-order valence-electron chi connectivity index (χ1n) is 9.56. The zero-order chi connectivity index (χ0) is 21.3. The third-order valence-electron chi connectivity index (χ3n) is 5.10. The van der Waals surface area contributed by atoms with Crippen molar-refractivity contribution in [2.24, 2.45) is 0 Å². The van der Waals surface area contributed by atoms with Crippen LogP contribution in [-0.4, -0.2) is 33.8 Å². The maximum Gasteiger partial charge on any atom is 0.185 e. The van der Waals surface area contributed by atoms with Crippen LogP contribution < -0.4 is 4.90 Å². The lowest BCUT2D eigenvalue weighted by atomic mass is 9.99. The Morgan fingerprint density at radius 3 is 2.52 bits per heavy atom. The average molecular weight is 463 g/mol. The van der Waals surface area contributed by atoms with E-state index >= 15 is 0 Å². The van der Waals surface area contributed by atoms with Gasteiger partial charge < -0.3 is 4.90 Å². The van der Waals surface area contributed by atoms with E-state index in [0.717, 1.165) is 47.2 Å². The standard InChI is InChI=1S/C22H20F2N4OS.ClH/c1-13-6-7-28(22-27-14(2)12-30-22)11-16(13)19-10-25-15(9-26-19)8-20(29)21-17(23)4-3-5-18(21)24;/h3-5,9-10,12H,6-8,11H2,1-2H3;1H. The second kappa shape index (κ2) is 9.62. The Balaban J connectivity index is 0.00000272. The molecular weight excluding hydrogens is 442 g/mol. The highest BCUT2D eigenvalue weighted by Crippen LogP contribution is 2.30. The molecule has 0 aliphatic carbocycles. The zero-order valence-electron chi connectivity index (χ0n) is 17.1. The van der Waals surface area contributed by atoms with Crippen molar-refractivity contribution in [2.75, 3.05) is 18.0 Å². The number of Topliss-reactive ketones (excluding diaryl/α,β-unsaturated/α-hetero) is 1. The van der Waals surface area contributed by atoms with E-state index in [4.69, 9.17) is 0 Å². The molecule has 0 spiro atoms. The highest BCUT2D eigenvalue weighted by Gasteiger charge is 2.22. The fraction of sp³-hybridized carbons (Fsp3) is 0.273. The molecule has 0 amide bonds. The van der Waals surface area contributed by atoms with Gasteiger partial charge in [0.1, 0.15) is 11.6 Å². The summed E-state index contributed by atoms with van der Waals surface area (Å²) in [5.74, 6) is -2.40. The summed E-state index contributed by atoms with van der Waals surface area (Å²) < 4.78 is 27.6. The maximum atomic E-state index is 13.8. The van der Waals surface area contributed by atoms with E-state index in [1.54, 1.807) is 17.5 Å². The van der Waals surface area contributed by atoms with Gasteiger partial charge >= 0.3 is 0 Å². The molecule has 0 saturated carbocycles. The third-order valence-corrected chi connectivity index (χ3v) is 6.12. The Labute approximate surface area is 189 Å². The van der Waals surface area contributed by atoms with E-state index in [0.29, 0.717) is 12.2 Å². The Morgan fingerprint density at radius 2 is 1.90 bits per heavy atom. The summed E-state index contributed by atoms with van der Waals surface area (Å²) >= 11 is 1.62. The fourth-order valence-electron chi connectivity index (χ4n) is 3.43. The van der Waals surface area contributed by atoms with E-state index in [1.165, 1.54) is 17.8 Å². The van der Waals surface area contributed by atoms with Crippen LogP contribution in [0.2, 0.25) is 0 Å². The Bertz CT molecular complexity index is 1110. The van der Waals surface area contributed by atoms with Crippen LogP contribution in [0.4, 0.5) is 13.9 Å². The van der Waals surface area contributed by atoms with Crippen molar-refractivity contribution >= 4 is 40.2 Å². The Hall–Kier alpha value is -2.71. The smallest absolute Gasteiger partial charge is 0.185 e. The van der Waals surface area contributed by atoms with Crippen molar-refractivity contribution < 1.29 is 13.6 Å². The predicted octanol–water partition coefficient (Wildman–Crippen LogP) is 5.05. The molecule has 2 aromatic heterocycles. The van der Waals surface area contributed by atoms with Crippen LogP contribution in [0.3, 0.4) is 0 Å². The summed E-state index contributed by atoms with van der Waals surface area (Å²) in [6.45, 7) is 5.65. The van der Waals surface area contributed by atoms with Crippen LogP contribution >= 0.6 is 23.7 Å². The molecule has 1 aliphatic heterocycles. The number of benzene rings is 1. The van der Waals surface area contributed by atoms with Gasteiger partial charge in [0.2, 0.25) is 0 Å². The van der Waals surface area contributed by atoms with Crippen molar-refractivity contribution in [3.8, 4) is 0 Å². The summed E-state index contributed by atoms with van der Waals surface area (Å²) in [7, 11) is 0. The molecule has 4 rings (SSSR count). The number of ketones is 1. The summed E-state index contributed by atoms with van der Waals surface area (Å²) in [4.78, 5) is 27.9. The molecule has 3 aromatic rings. The van der Waals surface area contributed by atoms with E-state index in [-0.39, 0.29) is 18.8 Å².